The van der Waals surface area contributed by atoms with Crippen LogP contribution in [0.2, 0.25) is 0 Å². The fourth-order valence-electron chi connectivity index (χ4n) is 3.38. The molecule has 0 amide bonds. The Balaban J connectivity index is 2.12. The number of carbonyl (C=O) groups is 2. The Hall–Kier alpha value is -2.62. The van der Waals surface area contributed by atoms with Gasteiger partial charge in [-0.2, -0.15) is 0 Å². The number of carbonyl (C=O) groups excluding carboxylic acids is 1. The molecule has 1 N–H and O–H groups in total. The van der Waals surface area contributed by atoms with Crippen molar-refractivity contribution in [3.8, 4) is 5.75 Å². The van der Waals surface area contributed by atoms with Crippen molar-refractivity contribution >= 4 is 12.3 Å². The summed E-state index contributed by atoms with van der Waals surface area (Å²) in [5.41, 5.74) is 4.84. The zero-order valence-corrected chi connectivity index (χ0v) is 12.9. The predicted octanol–water partition coefficient (Wildman–Crippen LogP) is 3.21. The first kappa shape index (κ1) is 15.3. The first-order chi connectivity index (χ1) is 11.1. The van der Waals surface area contributed by atoms with E-state index in [0.717, 1.165) is 35.0 Å². The summed E-state index contributed by atoms with van der Waals surface area (Å²) in [6, 6.07) is 11.7. The largest absolute Gasteiger partial charge is 0.496 e. The Morgan fingerprint density at radius 3 is 2.74 bits per heavy atom. The number of fused-ring (bicyclic) bond motifs is 2. The molecule has 0 fully saturated rings. The van der Waals surface area contributed by atoms with Crippen molar-refractivity contribution in [3.05, 3.63) is 64.2 Å². The minimum Gasteiger partial charge on any atom is -0.496 e. The smallest absolute Gasteiger partial charge is 0.303 e. The summed E-state index contributed by atoms with van der Waals surface area (Å²) in [5, 5.41) is 9.24. The van der Waals surface area contributed by atoms with Crippen LogP contribution in [0.1, 0.15) is 45.0 Å². The van der Waals surface area contributed by atoms with Gasteiger partial charge in [0.1, 0.15) is 5.75 Å². The SMILES string of the molecule is COc1cc2c(cc1C=O)CC(CC(=O)O)c1ccccc1C2. The average Bonchev–Trinajstić information content (AvgIpc) is 2.69. The third-order valence-corrected chi connectivity index (χ3v) is 4.44. The Labute approximate surface area is 134 Å². The molecule has 0 aliphatic heterocycles. The lowest BCUT2D eigenvalue weighted by Crippen LogP contribution is -2.09. The number of rotatable bonds is 4. The molecule has 0 saturated heterocycles. The van der Waals surface area contributed by atoms with E-state index >= 15 is 0 Å². The van der Waals surface area contributed by atoms with Gasteiger partial charge >= 0.3 is 5.97 Å². The Kier molecular flexibility index (Phi) is 4.15. The zero-order chi connectivity index (χ0) is 16.4. The maximum atomic E-state index is 11.3. The summed E-state index contributed by atoms with van der Waals surface area (Å²) in [5.74, 6) is -0.330. The molecule has 1 atom stereocenters. The summed E-state index contributed by atoms with van der Waals surface area (Å²) in [4.78, 5) is 22.5. The number of aliphatic carboxylic acids is 1. The van der Waals surface area contributed by atoms with E-state index in [1.54, 1.807) is 7.11 Å². The summed E-state index contributed by atoms with van der Waals surface area (Å²) < 4.78 is 5.30. The molecule has 1 aliphatic carbocycles. The van der Waals surface area contributed by atoms with Crippen LogP contribution in [0.15, 0.2) is 36.4 Å². The third-order valence-electron chi connectivity index (χ3n) is 4.44. The molecule has 0 radical (unpaired) electrons. The van der Waals surface area contributed by atoms with Gasteiger partial charge in [-0.1, -0.05) is 24.3 Å². The number of hydrogen-bond acceptors (Lipinski definition) is 3. The van der Waals surface area contributed by atoms with Gasteiger partial charge in [-0.15, -0.1) is 0 Å². The van der Waals surface area contributed by atoms with E-state index < -0.39 is 5.97 Å². The molecule has 3 rings (SSSR count). The maximum absolute atomic E-state index is 11.3. The molecule has 4 heteroatoms. The van der Waals surface area contributed by atoms with Crippen molar-refractivity contribution in [2.45, 2.75) is 25.2 Å². The van der Waals surface area contributed by atoms with Gasteiger partial charge in [-0.05, 0) is 53.1 Å². The van der Waals surface area contributed by atoms with Crippen molar-refractivity contribution in [3.63, 3.8) is 0 Å². The highest BCUT2D eigenvalue weighted by molar-refractivity contribution is 5.80. The molecule has 4 nitrogen and oxygen atoms in total. The highest BCUT2D eigenvalue weighted by atomic mass is 16.5. The average molecular weight is 310 g/mol. The van der Waals surface area contributed by atoms with Crippen LogP contribution in [0.4, 0.5) is 0 Å². The second kappa shape index (κ2) is 6.24. The molecule has 1 aliphatic rings. The number of carboxylic acids is 1. The van der Waals surface area contributed by atoms with Crippen molar-refractivity contribution in [2.24, 2.45) is 0 Å². The van der Waals surface area contributed by atoms with Gasteiger partial charge in [0.05, 0.1) is 19.1 Å². The van der Waals surface area contributed by atoms with Crippen molar-refractivity contribution in [1.82, 2.24) is 0 Å². The lowest BCUT2D eigenvalue weighted by molar-refractivity contribution is -0.137. The van der Waals surface area contributed by atoms with E-state index in [0.29, 0.717) is 17.7 Å². The molecule has 0 aromatic heterocycles. The lowest BCUT2D eigenvalue weighted by atomic mass is 9.88. The highest BCUT2D eigenvalue weighted by Crippen LogP contribution is 2.36. The second-order valence-corrected chi connectivity index (χ2v) is 5.86. The van der Waals surface area contributed by atoms with Gasteiger partial charge in [0.2, 0.25) is 0 Å². The number of hydrogen-bond donors (Lipinski definition) is 1. The molecule has 0 heterocycles. The number of carboxylic acid groups (broad SMARTS) is 1. The van der Waals surface area contributed by atoms with E-state index in [1.165, 1.54) is 0 Å². The summed E-state index contributed by atoms with van der Waals surface area (Å²) in [6.07, 6.45) is 2.20. The maximum Gasteiger partial charge on any atom is 0.303 e. The normalized spacial score (nSPS) is 16.0. The van der Waals surface area contributed by atoms with Crippen LogP contribution < -0.4 is 4.74 Å². The number of methoxy groups -OCH3 is 1. The molecule has 2 aromatic carbocycles. The molecule has 1 unspecified atom stereocenters. The third kappa shape index (κ3) is 2.97. The van der Waals surface area contributed by atoms with Gasteiger partial charge < -0.3 is 9.84 Å². The van der Waals surface area contributed by atoms with Crippen LogP contribution in [-0.4, -0.2) is 24.5 Å². The van der Waals surface area contributed by atoms with Crippen LogP contribution in [0.25, 0.3) is 0 Å². The Morgan fingerprint density at radius 1 is 1.26 bits per heavy atom. The molecule has 0 bridgehead atoms. The van der Waals surface area contributed by atoms with Crippen LogP contribution in [-0.2, 0) is 17.6 Å². The molecule has 2 aromatic rings. The van der Waals surface area contributed by atoms with E-state index in [4.69, 9.17) is 4.74 Å². The van der Waals surface area contributed by atoms with Crippen LogP contribution >= 0.6 is 0 Å². The topological polar surface area (TPSA) is 63.6 Å². The van der Waals surface area contributed by atoms with Gasteiger partial charge in [0.15, 0.2) is 6.29 Å². The highest BCUT2D eigenvalue weighted by Gasteiger charge is 2.25. The molecule has 0 spiro atoms. The number of aldehydes is 1. The fraction of sp³-hybridized carbons (Fsp3) is 0.263. The van der Waals surface area contributed by atoms with Gasteiger partial charge in [-0.25, -0.2) is 0 Å². The van der Waals surface area contributed by atoms with Crippen LogP contribution in [0, 0.1) is 0 Å². The van der Waals surface area contributed by atoms with Gasteiger partial charge in [0.25, 0.3) is 0 Å². The molecule has 23 heavy (non-hydrogen) atoms. The molecular formula is C19H18O4. The fourth-order valence-corrected chi connectivity index (χ4v) is 3.38. The first-order valence-electron chi connectivity index (χ1n) is 7.57. The van der Waals surface area contributed by atoms with Gasteiger partial charge in [-0.3, -0.25) is 9.59 Å². The molecule has 0 saturated carbocycles. The molecular weight excluding hydrogens is 292 g/mol. The van der Waals surface area contributed by atoms with Gasteiger partial charge in [0, 0.05) is 0 Å². The van der Waals surface area contributed by atoms with Crippen molar-refractivity contribution in [1.29, 1.82) is 0 Å². The molecule has 118 valence electrons. The minimum absolute atomic E-state index is 0.0822. The van der Waals surface area contributed by atoms with Crippen LogP contribution in [0.3, 0.4) is 0 Å². The second-order valence-electron chi connectivity index (χ2n) is 5.86. The Bertz CT molecular complexity index is 764. The number of ether oxygens (including phenoxy) is 1. The van der Waals surface area contributed by atoms with Crippen molar-refractivity contribution < 1.29 is 19.4 Å². The zero-order valence-electron chi connectivity index (χ0n) is 12.9. The van der Waals surface area contributed by atoms with E-state index in [2.05, 4.69) is 0 Å². The number of benzene rings is 2. The van der Waals surface area contributed by atoms with Crippen molar-refractivity contribution in [2.75, 3.05) is 7.11 Å². The van der Waals surface area contributed by atoms with E-state index in [9.17, 15) is 14.7 Å². The van der Waals surface area contributed by atoms with E-state index in [1.807, 2.05) is 36.4 Å². The summed E-state index contributed by atoms with van der Waals surface area (Å²) in [6.45, 7) is 0. The summed E-state index contributed by atoms with van der Waals surface area (Å²) >= 11 is 0. The Morgan fingerprint density at radius 2 is 2.04 bits per heavy atom. The summed E-state index contributed by atoms with van der Waals surface area (Å²) in [7, 11) is 1.55. The quantitative estimate of drug-likeness (QED) is 0.881. The standard InChI is InChI=1S/C19H18O4/c1-23-18-9-14-6-12-4-2-3-5-17(12)15(10-19(21)22)7-13(14)8-16(18)11-20/h2-5,8-9,11,15H,6-7,10H2,1H3,(H,21,22). The van der Waals surface area contributed by atoms with E-state index in [-0.39, 0.29) is 12.3 Å². The monoisotopic (exact) mass is 310 g/mol. The lowest BCUT2D eigenvalue weighted by Gasteiger charge is -2.16. The first-order valence-corrected chi connectivity index (χ1v) is 7.57. The predicted molar refractivity (Wildman–Crippen MR) is 86.3 cm³/mol. The van der Waals surface area contributed by atoms with Crippen LogP contribution in [0.5, 0.6) is 5.75 Å². The minimum atomic E-state index is -0.808.